The van der Waals surface area contributed by atoms with Crippen LogP contribution < -0.4 is 5.73 Å². The number of tetrazole rings is 1. The Morgan fingerprint density at radius 3 is 2.62 bits per heavy atom. The van der Waals surface area contributed by atoms with Gasteiger partial charge in [0.25, 0.3) is 0 Å². The molecule has 0 saturated heterocycles. The van der Waals surface area contributed by atoms with Gasteiger partial charge in [0, 0.05) is 15.7 Å². The lowest BCUT2D eigenvalue weighted by molar-refractivity contribution is 0.627. The van der Waals surface area contributed by atoms with E-state index in [4.69, 9.17) is 5.73 Å². The van der Waals surface area contributed by atoms with E-state index in [1.54, 1.807) is 10.7 Å². The van der Waals surface area contributed by atoms with Crippen molar-refractivity contribution < 1.29 is 4.39 Å². The number of aromatic nitrogens is 4. The summed E-state index contributed by atoms with van der Waals surface area (Å²) in [6.45, 7) is 0.492. The molecular formula is C14H11BrFN5. The van der Waals surface area contributed by atoms with Crippen molar-refractivity contribution in [3.63, 3.8) is 0 Å². The molecule has 3 rings (SSSR count). The van der Waals surface area contributed by atoms with Crippen LogP contribution >= 0.6 is 15.9 Å². The van der Waals surface area contributed by atoms with Gasteiger partial charge in [0.15, 0.2) is 5.82 Å². The second kappa shape index (κ2) is 5.61. The van der Waals surface area contributed by atoms with Gasteiger partial charge < -0.3 is 5.73 Å². The zero-order chi connectivity index (χ0) is 14.8. The molecule has 0 unspecified atom stereocenters. The van der Waals surface area contributed by atoms with E-state index in [2.05, 4.69) is 31.5 Å². The Balaban J connectivity index is 1.95. The van der Waals surface area contributed by atoms with Crippen LogP contribution in [0.3, 0.4) is 0 Å². The lowest BCUT2D eigenvalue weighted by Gasteiger charge is -2.06. The van der Waals surface area contributed by atoms with Crippen LogP contribution in [0.5, 0.6) is 0 Å². The number of nitrogens with two attached hydrogens (primary N) is 1. The van der Waals surface area contributed by atoms with Crippen LogP contribution in [0.4, 0.5) is 10.1 Å². The van der Waals surface area contributed by atoms with E-state index in [1.807, 2.05) is 24.3 Å². The number of nitrogens with zero attached hydrogens (tertiary/aromatic N) is 4. The van der Waals surface area contributed by atoms with E-state index >= 15 is 0 Å². The number of rotatable bonds is 3. The van der Waals surface area contributed by atoms with Gasteiger partial charge >= 0.3 is 0 Å². The molecule has 0 atom stereocenters. The lowest BCUT2D eigenvalue weighted by atomic mass is 10.1. The molecule has 0 bridgehead atoms. The molecule has 1 aromatic heterocycles. The van der Waals surface area contributed by atoms with Gasteiger partial charge in [0.2, 0.25) is 0 Å². The molecule has 0 saturated carbocycles. The van der Waals surface area contributed by atoms with Crippen molar-refractivity contribution in [3.8, 4) is 11.4 Å². The van der Waals surface area contributed by atoms with Crippen molar-refractivity contribution in [2.45, 2.75) is 6.54 Å². The van der Waals surface area contributed by atoms with Gasteiger partial charge in [-0.15, -0.1) is 5.10 Å². The summed E-state index contributed by atoms with van der Waals surface area (Å²) in [5.41, 5.74) is 7.59. The number of benzene rings is 2. The minimum Gasteiger partial charge on any atom is -0.399 e. The summed E-state index contributed by atoms with van der Waals surface area (Å²) < 4.78 is 16.1. The van der Waals surface area contributed by atoms with Crippen LogP contribution in [0.1, 0.15) is 5.56 Å². The number of anilines is 1. The molecule has 2 N–H and O–H groups in total. The van der Waals surface area contributed by atoms with Crippen molar-refractivity contribution >= 4 is 21.6 Å². The van der Waals surface area contributed by atoms with Crippen LogP contribution in [0.15, 0.2) is 46.9 Å². The predicted molar refractivity (Wildman–Crippen MR) is 80.9 cm³/mol. The smallest absolute Gasteiger partial charge is 0.182 e. The van der Waals surface area contributed by atoms with E-state index in [1.165, 1.54) is 12.1 Å². The van der Waals surface area contributed by atoms with Gasteiger partial charge in [-0.1, -0.05) is 28.1 Å². The zero-order valence-corrected chi connectivity index (χ0v) is 12.5. The summed E-state index contributed by atoms with van der Waals surface area (Å²) in [6.07, 6.45) is 0. The molecule has 0 radical (unpaired) electrons. The Hall–Kier alpha value is -2.28. The molecule has 0 spiro atoms. The van der Waals surface area contributed by atoms with Gasteiger partial charge in [0.1, 0.15) is 5.82 Å². The first-order chi connectivity index (χ1) is 10.1. The molecule has 106 valence electrons. The highest BCUT2D eigenvalue weighted by Crippen LogP contribution is 2.21. The molecule has 0 aliphatic heterocycles. The predicted octanol–water partition coefficient (Wildman–Crippen LogP) is 2.87. The summed E-state index contributed by atoms with van der Waals surface area (Å²) in [7, 11) is 0. The Bertz CT molecular complexity index is 749. The van der Waals surface area contributed by atoms with Crippen molar-refractivity contribution in [1.82, 2.24) is 20.2 Å². The SMILES string of the molecule is Nc1cc(F)cc(-c2nnnn2Cc2ccc(Br)cc2)c1. The zero-order valence-electron chi connectivity index (χ0n) is 10.9. The van der Waals surface area contributed by atoms with Crippen molar-refractivity contribution in [1.29, 1.82) is 0 Å². The first-order valence-corrected chi connectivity index (χ1v) is 6.98. The molecule has 21 heavy (non-hydrogen) atoms. The van der Waals surface area contributed by atoms with Gasteiger partial charge in [-0.2, -0.15) is 0 Å². The van der Waals surface area contributed by atoms with E-state index in [0.29, 0.717) is 23.6 Å². The molecule has 2 aromatic carbocycles. The molecular weight excluding hydrogens is 337 g/mol. The summed E-state index contributed by atoms with van der Waals surface area (Å²) in [5.74, 6) is 0.0623. The monoisotopic (exact) mass is 347 g/mol. The van der Waals surface area contributed by atoms with E-state index in [9.17, 15) is 4.39 Å². The van der Waals surface area contributed by atoms with Crippen molar-refractivity contribution in [2.24, 2.45) is 0 Å². The number of nitrogen functional groups attached to an aromatic ring is 1. The summed E-state index contributed by atoms with van der Waals surface area (Å²) in [4.78, 5) is 0. The molecule has 3 aromatic rings. The Morgan fingerprint density at radius 1 is 1.14 bits per heavy atom. The van der Waals surface area contributed by atoms with Crippen molar-refractivity contribution in [2.75, 3.05) is 5.73 Å². The van der Waals surface area contributed by atoms with Crippen LogP contribution in [-0.4, -0.2) is 20.2 Å². The lowest BCUT2D eigenvalue weighted by Crippen LogP contribution is -2.04. The number of hydrogen-bond donors (Lipinski definition) is 1. The molecule has 5 nitrogen and oxygen atoms in total. The highest BCUT2D eigenvalue weighted by molar-refractivity contribution is 9.10. The van der Waals surface area contributed by atoms with Gasteiger partial charge in [-0.05, 0) is 46.3 Å². The average molecular weight is 348 g/mol. The fourth-order valence-electron chi connectivity index (χ4n) is 2.02. The Labute approximate surface area is 128 Å². The second-order valence-corrected chi connectivity index (χ2v) is 5.48. The summed E-state index contributed by atoms with van der Waals surface area (Å²) >= 11 is 3.39. The summed E-state index contributed by atoms with van der Waals surface area (Å²) in [6, 6.07) is 12.1. The maximum absolute atomic E-state index is 13.5. The first kappa shape index (κ1) is 13.7. The van der Waals surface area contributed by atoms with Gasteiger partial charge in [-0.25, -0.2) is 9.07 Å². The fourth-order valence-corrected chi connectivity index (χ4v) is 2.29. The molecule has 1 heterocycles. The third-order valence-corrected chi connectivity index (χ3v) is 3.48. The first-order valence-electron chi connectivity index (χ1n) is 6.19. The van der Waals surface area contributed by atoms with Gasteiger partial charge in [0.05, 0.1) is 6.54 Å². The molecule has 7 heteroatoms. The standard InChI is InChI=1S/C14H11BrFN5/c15-11-3-1-9(2-4-11)8-21-14(18-19-20-21)10-5-12(16)7-13(17)6-10/h1-7H,8,17H2. The molecule has 0 aliphatic carbocycles. The third kappa shape index (κ3) is 3.08. The van der Waals surface area contributed by atoms with E-state index in [0.717, 1.165) is 10.0 Å². The minimum atomic E-state index is -0.414. The van der Waals surface area contributed by atoms with Crippen LogP contribution in [0, 0.1) is 5.82 Å². The minimum absolute atomic E-state index is 0.336. The largest absolute Gasteiger partial charge is 0.399 e. The fraction of sp³-hybridized carbons (Fsp3) is 0.0714. The maximum Gasteiger partial charge on any atom is 0.182 e. The number of halogens is 2. The van der Waals surface area contributed by atoms with E-state index < -0.39 is 5.82 Å². The maximum atomic E-state index is 13.5. The normalized spacial score (nSPS) is 10.8. The third-order valence-electron chi connectivity index (χ3n) is 2.96. The van der Waals surface area contributed by atoms with Crippen LogP contribution in [0.25, 0.3) is 11.4 Å². The van der Waals surface area contributed by atoms with E-state index in [-0.39, 0.29) is 0 Å². The highest BCUT2D eigenvalue weighted by Gasteiger charge is 2.11. The number of hydrogen-bond acceptors (Lipinski definition) is 4. The second-order valence-electron chi connectivity index (χ2n) is 4.56. The van der Waals surface area contributed by atoms with Crippen molar-refractivity contribution in [3.05, 3.63) is 58.3 Å². The topological polar surface area (TPSA) is 69.6 Å². The molecule has 0 aliphatic rings. The highest BCUT2D eigenvalue weighted by atomic mass is 79.9. The van der Waals surface area contributed by atoms with Crippen LogP contribution in [0.2, 0.25) is 0 Å². The van der Waals surface area contributed by atoms with Gasteiger partial charge in [-0.3, -0.25) is 0 Å². The quantitative estimate of drug-likeness (QED) is 0.739. The average Bonchev–Trinajstić information content (AvgIpc) is 2.88. The molecule has 0 fully saturated rings. The van der Waals surface area contributed by atoms with Crippen LogP contribution in [-0.2, 0) is 6.54 Å². The molecule has 0 amide bonds. The Kier molecular flexibility index (Phi) is 3.66. The summed E-state index contributed by atoms with van der Waals surface area (Å²) in [5, 5.41) is 11.6. The Morgan fingerprint density at radius 2 is 1.90 bits per heavy atom.